The van der Waals surface area contributed by atoms with Crippen LogP contribution in [0.3, 0.4) is 0 Å². The Balaban J connectivity index is 2.38. The summed E-state index contributed by atoms with van der Waals surface area (Å²) in [4.78, 5) is 4.26. The van der Waals surface area contributed by atoms with E-state index in [1.165, 1.54) is 0 Å². The van der Waals surface area contributed by atoms with E-state index < -0.39 is 0 Å². The Kier molecular flexibility index (Phi) is 2.71. The Labute approximate surface area is 112 Å². The summed E-state index contributed by atoms with van der Waals surface area (Å²) in [5, 5.41) is 12.1. The third kappa shape index (κ3) is 1.95. The van der Waals surface area contributed by atoms with Gasteiger partial charge in [-0.25, -0.2) is 0 Å². The monoisotopic (exact) mass is 249 g/mol. The largest absolute Gasteiger partial charge is 0.507 e. The summed E-state index contributed by atoms with van der Waals surface area (Å²) >= 11 is 0. The van der Waals surface area contributed by atoms with Crippen molar-refractivity contribution >= 4 is 10.8 Å². The molecule has 2 aromatic carbocycles. The van der Waals surface area contributed by atoms with Crippen LogP contribution in [-0.2, 0) is 0 Å². The van der Waals surface area contributed by atoms with E-state index in [2.05, 4.69) is 11.1 Å². The van der Waals surface area contributed by atoms with Gasteiger partial charge in [0.15, 0.2) is 0 Å². The number of pyridine rings is 1. The number of aryl methyl sites for hydroxylation is 2. The fourth-order valence-electron chi connectivity index (χ4n) is 2.44. The topological polar surface area (TPSA) is 33.1 Å². The molecule has 1 N–H and O–H groups in total. The second-order valence-corrected chi connectivity index (χ2v) is 4.89. The SMILES string of the molecule is Cc1cncc(-c2cc(C)c(O)c3ccccc23)c1. The predicted octanol–water partition coefficient (Wildman–Crippen LogP) is 4.22. The summed E-state index contributed by atoms with van der Waals surface area (Å²) in [5.74, 6) is 0.361. The number of phenols is 1. The van der Waals surface area contributed by atoms with E-state index in [1.54, 1.807) is 0 Å². The summed E-state index contributed by atoms with van der Waals surface area (Å²) in [6, 6.07) is 12.1. The highest BCUT2D eigenvalue weighted by Crippen LogP contribution is 2.36. The molecular weight excluding hydrogens is 234 g/mol. The molecule has 0 aliphatic carbocycles. The van der Waals surface area contributed by atoms with Crippen molar-refractivity contribution < 1.29 is 5.11 Å². The van der Waals surface area contributed by atoms with Crippen molar-refractivity contribution in [1.82, 2.24) is 4.98 Å². The zero-order chi connectivity index (χ0) is 13.4. The highest BCUT2D eigenvalue weighted by molar-refractivity contribution is 6.00. The van der Waals surface area contributed by atoms with Gasteiger partial charge in [0.1, 0.15) is 5.75 Å². The highest BCUT2D eigenvalue weighted by Gasteiger charge is 2.10. The molecule has 3 rings (SSSR count). The van der Waals surface area contributed by atoms with Crippen molar-refractivity contribution in [2.45, 2.75) is 13.8 Å². The van der Waals surface area contributed by atoms with E-state index in [-0.39, 0.29) is 0 Å². The van der Waals surface area contributed by atoms with Gasteiger partial charge in [-0.15, -0.1) is 0 Å². The van der Waals surface area contributed by atoms with Gasteiger partial charge < -0.3 is 5.11 Å². The molecule has 0 saturated heterocycles. The molecular formula is C17H15NO. The summed E-state index contributed by atoms with van der Waals surface area (Å²) < 4.78 is 0. The molecule has 1 aromatic heterocycles. The van der Waals surface area contributed by atoms with Gasteiger partial charge in [-0.1, -0.05) is 24.3 Å². The molecule has 2 heteroatoms. The van der Waals surface area contributed by atoms with Gasteiger partial charge in [0.2, 0.25) is 0 Å². The Hall–Kier alpha value is -2.35. The van der Waals surface area contributed by atoms with Gasteiger partial charge in [0.25, 0.3) is 0 Å². The minimum absolute atomic E-state index is 0.361. The van der Waals surface area contributed by atoms with E-state index in [9.17, 15) is 5.11 Å². The van der Waals surface area contributed by atoms with Crippen LogP contribution in [0.25, 0.3) is 21.9 Å². The number of phenolic OH excluding ortho intramolecular Hbond substituents is 1. The van der Waals surface area contributed by atoms with Crippen molar-refractivity contribution in [2.75, 3.05) is 0 Å². The Bertz CT molecular complexity index is 762. The van der Waals surface area contributed by atoms with Crippen LogP contribution >= 0.6 is 0 Å². The summed E-state index contributed by atoms with van der Waals surface area (Å²) in [6.45, 7) is 3.96. The van der Waals surface area contributed by atoms with Gasteiger partial charge in [0.05, 0.1) is 0 Å². The lowest BCUT2D eigenvalue weighted by atomic mass is 9.95. The summed E-state index contributed by atoms with van der Waals surface area (Å²) in [5.41, 5.74) is 4.21. The molecule has 0 fully saturated rings. The van der Waals surface area contributed by atoms with Crippen molar-refractivity contribution in [2.24, 2.45) is 0 Å². The van der Waals surface area contributed by atoms with Crippen LogP contribution in [0.2, 0.25) is 0 Å². The zero-order valence-electron chi connectivity index (χ0n) is 11.0. The molecule has 0 aliphatic heterocycles. The maximum atomic E-state index is 10.2. The van der Waals surface area contributed by atoms with E-state index in [1.807, 2.05) is 56.6 Å². The second-order valence-electron chi connectivity index (χ2n) is 4.89. The molecule has 0 aliphatic rings. The van der Waals surface area contributed by atoms with Crippen LogP contribution in [0.4, 0.5) is 0 Å². The van der Waals surface area contributed by atoms with E-state index in [0.717, 1.165) is 33.0 Å². The molecule has 94 valence electrons. The van der Waals surface area contributed by atoms with Gasteiger partial charge in [0, 0.05) is 23.3 Å². The van der Waals surface area contributed by atoms with Crippen LogP contribution in [0.1, 0.15) is 11.1 Å². The lowest BCUT2D eigenvalue weighted by Crippen LogP contribution is -1.87. The Morgan fingerprint density at radius 1 is 0.947 bits per heavy atom. The minimum Gasteiger partial charge on any atom is -0.507 e. The third-order valence-corrected chi connectivity index (χ3v) is 3.39. The average molecular weight is 249 g/mol. The standard InChI is InChI=1S/C17H15NO/c1-11-7-13(10-18-9-11)16-8-12(2)17(19)15-6-4-3-5-14(15)16/h3-10,19H,1-2H3. The van der Waals surface area contributed by atoms with E-state index in [0.29, 0.717) is 5.75 Å². The quantitative estimate of drug-likeness (QED) is 0.700. The first-order valence-corrected chi connectivity index (χ1v) is 6.30. The smallest absolute Gasteiger partial charge is 0.126 e. The molecule has 19 heavy (non-hydrogen) atoms. The number of hydrogen-bond acceptors (Lipinski definition) is 2. The Morgan fingerprint density at radius 2 is 1.68 bits per heavy atom. The summed E-state index contributed by atoms with van der Waals surface area (Å²) in [7, 11) is 0. The van der Waals surface area contributed by atoms with Gasteiger partial charge in [-0.05, 0) is 48.1 Å². The maximum Gasteiger partial charge on any atom is 0.126 e. The molecule has 0 amide bonds. The van der Waals surface area contributed by atoms with Crippen molar-refractivity contribution in [3.63, 3.8) is 0 Å². The van der Waals surface area contributed by atoms with Crippen LogP contribution in [0.5, 0.6) is 5.75 Å². The van der Waals surface area contributed by atoms with Crippen LogP contribution in [0.15, 0.2) is 48.8 Å². The predicted molar refractivity (Wildman–Crippen MR) is 78.3 cm³/mol. The molecule has 0 atom stereocenters. The first-order valence-electron chi connectivity index (χ1n) is 6.30. The first-order chi connectivity index (χ1) is 9.16. The minimum atomic E-state index is 0.361. The lowest BCUT2D eigenvalue weighted by molar-refractivity contribution is 0.477. The molecule has 0 saturated carbocycles. The van der Waals surface area contributed by atoms with E-state index >= 15 is 0 Å². The van der Waals surface area contributed by atoms with Crippen molar-refractivity contribution in [1.29, 1.82) is 0 Å². The van der Waals surface area contributed by atoms with Gasteiger partial charge in [-0.3, -0.25) is 4.98 Å². The van der Waals surface area contributed by atoms with E-state index in [4.69, 9.17) is 0 Å². The fraction of sp³-hybridized carbons (Fsp3) is 0.118. The number of nitrogens with zero attached hydrogens (tertiary/aromatic N) is 1. The molecule has 0 spiro atoms. The number of aromatic hydroxyl groups is 1. The molecule has 3 aromatic rings. The zero-order valence-corrected chi connectivity index (χ0v) is 11.0. The number of benzene rings is 2. The Morgan fingerprint density at radius 3 is 2.42 bits per heavy atom. The average Bonchev–Trinajstić information content (AvgIpc) is 2.43. The molecule has 0 bridgehead atoms. The number of fused-ring (bicyclic) bond motifs is 1. The molecule has 0 radical (unpaired) electrons. The van der Waals surface area contributed by atoms with Crippen molar-refractivity contribution in [3.05, 3.63) is 59.9 Å². The van der Waals surface area contributed by atoms with Gasteiger partial charge in [-0.2, -0.15) is 0 Å². The third-order valence-electron chi connectivity index (χ3n) is 3.39. The van der Waals surface area contributed by atoms with Gasteiger partial charge >= 0.3 is 0 Å². The first kappa shape index (κ1) is 11.7. The van der Waals surface area contributed by atoms with Crippen LogP contribution < -0.4 is 0 Å². The highest BCUT2D eigenvalue weighted by atomic mass is 16.3. The summed E-state index contributed by atoms with van der Waals surface area (Å²) in [6.07, 6.45) is 3.71. The lowest BCUT2D eigenvalue weighted by Gasteiger charge is -2.11. The normalized spacial score (nSPS) is 10.8. The van der Waals surface area contributed by atoms with Crippen LogP contribution in [-0.4, -0.2) is 10.1 Å². The van der Waals surface area contributed by atoms with Crippen molar-refractivity contribution in [3.8, 4) is 16.9 Å². The molecule has 0 unspecified atom stereocenters. The number of rotatable bonds is 1. The fourth-order valence-corrected chi connectivity index (χ4v) is 2.44. The maximum absolute atomic E-state index is 10.2. The van der Waals surface area contributed by atoms with Crippen LogP contribution in [0, 0.1) is 13.8 Å². The molecule has 1 heterocycles. The second kappa shape index (κ2) is 4.39. The number of hydrogen-bond donors (Lipinski definition) is 1. The number of aromatic nitrogens is 1. The molecule has 2 nitrogen and oxygen atoms in total.